The summed E-state index contributed by atoms with van der Waals surface area (Å²) in [5, 5.41) is 2.71. The monoisotopic (exact) mass is 243 g/mol. The van der Waals surface area contributed by atoms with E-state index in [1.807, 2.05) is 0 Å². The molecule has 1 amide bonds. The number of carbonyl (C=O) groups excluding carboxylic acids is 2. The smallest absolute Gasteiger partial charge is 0.406 e. The van der Waals surface area contributed by atoms with Gasteiger partial charge in [0.2, 0.25) is 0 Å². The molecule has 0 aromatic heterocycles. The van der Waals surface area contributed by atoms with Gasteiger partial charge in [0, 0.05) is 18.9 Å². The molecule has 0 radical (unpaired) electrons. The quantitative estimate of drug-likeness (QED) is 0.763. The molecule has 0 unspecified atom stereocenters. The zero-order valence-electron chi connectivity index (χ0n) is 10.7. The van der Waals surface area contributed by atoms with Gasteiger partial charge >= 0.3 is 12.1 Å². The van der Waals surface area contributed by atoms with Crippen LogP contribution in [0.4, 0.5) is 4.79 Å². The summed E-state index contributed by atoms with van der Waals surface area (Å²) in [6.45, 7) is 4.45. The standard InChI is InChI=1S/C12H21NO4/c1-9-4-5-12(6-9,8-17-10(2)14)7-13-11(15)16-3/h9H,4-8H2,1-3H3,(H,13,15)/t9-,12-/m1/s1. The van der Waals surface area contributed by atoms with Crippen LogP contribution < -0.4 is 5.32 Å². The number of esters is 1. The van der Waals surface area contributed by atoms with Crippen LogP contribution >= 0.6 is 0 Å². The lowest BCUT2D eigenvalue weighted by Gasteiger charge is -2.28. The van der Waals surface area contributed by atoms with Crippen molar-refractivity contribution < 1.29 is 19.1 Å². The van der Waals surface area contributed by atoms with Gasteiger partial charge in [-0.2, -0.15) is 0 Å². The van der Waals surface area contributed by atoms with Gasteiger partial charge in [-0.15, -0.1) is 0 Å². The van der Waals surface area contributed by atoms with Crippen molar-refractivity contribution in [2.75, 3.05) is 20.3 Å². The second-order valence-electron chi connectivity index (χ2n) is 4.97. The van der Waals surface area contributed by atoms with Crippen molar-refractivity contribution >= 4 is 12.1 Å². The molecule has 1 aliphatic carbocycles. The Labute approximate surface area is 102 Å². The lowest BCUT2D eigenvalue weighted by atomic mass is 9.86. The molecular formula is C12H21NO4. The topological polar surface area (TPSA) is 64.6 Å². The van der Waals surface area contributed by atoms with Crippen LogP contribution in [-0.4, -0.2) is 32.3 Å². The fourth-order valence-corrected chi connectivity index (χ4v) is 2.43. The average molecular weight is 243 g/mol. The van der Waals surface area contributed by atoms with E-state index in [0.717, 1.165) is 19.3 Å². The first kappa shape index (κ1) is 13.8. The minimum absolute atomic E-state index is 0.126. The second kappa shape index (κ2) is 5.89. The van der Waals surface area contributed by atoms with Gasteiger partial charge in [-0.05, 0) is 25.2 Å². The maximum atomic E-state index is 11.1. The SMILES string of the molecule is COC(=O)NC[C@@]1(COC(C)=O)CC[C@@H](C)C1. The summed E-state index contributed by atoms with van der Waals surface area (Å²) in [5.41, 5.74) is -0.126. The first-order valence-corrected chi connectivity index (χ1v) is 5.93. The molecule has 5 nitrogen and oxygen atoms in total. The highest BCUT2D eigenvalue weighted by Gasteiger charge is 2.38. The molecule has 1 fully saturated rings. The summed E-state index contributed by atoms with van der Waals surface area (Å²) >= 11 is 0. The van der Waals surface area contributed by atoms with Crippen molar-refractivity contribution in [3.63, 3.8) is 0 Å². The average Bonchev–Trinajstić information content (AvgIpc) is 2.66. The molecule has 1 aliphatic rings. The Morgan fingerprint density at radius 3 is 2.65 bits per heavy atom. The van der Waals surface area contributed by atoms with Crippen molar-refractivity contribution in [3.8, 4) is 0 Å². The van der Waals surface area contributed by atoms with Crippen molar-refractivity contribution in [1.82, 2.24) is 5.32 Å². The van der Waals surface area contributed by atoms with E-state index in [1.165, 1.54) is 14.0 Å². The van der Waals surface area contributed by atoms with Gasteiger partial charge in [0.05, 0.1) is 13.7 Å². The van der Waals surface area contributed by atoms with E-state index in [9.17, 15) is 9.59 Å². The van der Waals surface area contributed by atoms with Gasteiger partial charge in [0.1, 0.15) is 0 Å². The number of carbonyl (C=O) groups is 2. The fraction of sp³-hybridized carbons (Fsp3) is 0.833. The molecule has 0 aliphatic heterocycles. The molecule has 1 rings (SSSR count). The zero-order valence-corrected chi connectivity index (χ0v) is 10.7. The number of ether oxygens (including phenoxy) is 2. The van der Waals surface area contributed by atoms with Gasteiger partial charge in [0.25, 0.3) is 0 Å². The van der Waals surface area contributed by atoms with E-state index in [2.05, 4.69) is 17.0 Å². The molecule has 0 heterocycles. The van der Waals surface area contributed by atoms with Crippen molar-refractivity contribution in [2.24, 2.45) is 11.3 Å². The molecular weight excluding hydrogens is 222 g/mol. The van der Waals surface area contributed by atoms with Crippen LogP contribution in [0.25, 0.3) is 0 Å². The summed E-state index contributed by atoms with van der Waals surface area (Å²) in [6, 6.07) is 0. The Hall–Kier alpha value is -1.26. The Bertz CT molecular complexity index is 292. The predicted octanol–water partition coefficient (Wildman–Crippen LogP) is 1.71. The number of alkyl carbamates (subject to hydrolysis) is 1. The number of methoxy groups -OCH3 is 1. The molecule has 17 heavy (non-hydrogen) atoms. The third-order valence-electron chi connectivity index (χ3n) is 3.32. The highest BCUT2D eigenvalue weighted by molar-refractivity contribution is 5.67. The molecule has 0 spiro atoms. The summed E-state index contributed by atoms with van der Waals surface area (Å²) in [5.74, 6) is 0.326. The second-order valence-corrected chi connectivity index (χ2v) is 4.97. The lowest BCUT2D eigenvalue weighted by molar-refractivity contribution is -0.144. The number of hydrogen-bond acceptors (Lipinski definition) is 4. The number of amides is 1. The minimum atomic E-state index is -0.438. The number of rotatable bonds is 4. The van der Waals surface area contributed by atoms with E-state index in [-0.39, 0.29) is 11.4 Å². The number of nitrogens with one attached hydrogen (secondary N) is 1. The first-order chi connectivity index (χ1) is 7.97. The maximum Gasteiger partial charge on any atom is 0.406 e. The zero-order chi connectivity index (χ0) is 12.9. The highest BCUT2D eigenvalue weighted by atomic mass is 16.5. The molecule has 1 saturated carbocycles. The van der Waals surface area contributed by atoms with Crippen LogP contribution in [0, 0.1) is 11.3 Å². The molecule has 1 N–H and O–H groups in total. The highest BCUT2D eigenvalue weighted by Crippen LogP contribution is 2.41. The van der Waals surface area contributed by atoms with Crippen LogP contribution in [0.3, 0.4) is 0 Å². The van der Waals surface area contributed by atoms with Crippen molar-refractivity contribution in [2.45, 2.75) is 33.1 Å². The largest absolute Gasteiger partial charge is 0.465 e. The molecule has 5 heteroatoms. The molecule has 98 valence electrons. The van der Waals surface area contributed by atoms with Gasteiger partial charge < -0.3 is 14.8 Å². The molecule has 0 aromatic rings. The first-order valence-electron chi connectivity index (χ1n) is 5.93. The Morgan fingerprint density at radius 1 is 1.47 bits per heavy atom. The van der Waals surface area contributed by atoms with Gasteiger partial charge in [0.15, 0.2) is 0 Å². The molecule has 0 bridgehead atoms. The normalized spacial score (nSPS) is 27.6. The van der Waals surface area contributed by atoms with E-state index < -0.39 is 6.09 Å². The Morgan fingerprint density at radius 2 is 2.18 bits per heavy atom. The van der Waals surface area contributed by atoms with Crippen LogP contribution in [0.5, 0.6) is 0 Å². The molecule has 0 aromatic carbocycles. The van der Waals surface area contributed by atoms with Crippen molar-refractivity contribution in [1.29, 1.82) is 0 Å². The number of hydrogen-bond donors (Lipinski definition) is 1. The maximum absolute atomic E-state index is 11.1. The van der Waals surface area contributed by atoms with Gasteiger partial charge in [-0.25, -0.2) is 4.79 Å². The third kappa shape index (κ3) is 4.24. The van der Waals surface area contributed by atoms with E-state index in [1.54, 1.807) is 0 Å². The van der Waals surface area contributed by atoms with Gasteiger partial charge in [-0.1, -0.05) is 6.92 Å². The summed E-state index contributed by atoms with van der Waals surface area (Å²) in [4.78, 5) is 22.0. The summed E-state index contributed by atoms with van der Waals surface area (Å²) < 4.78 is 9.66. The molecule has 0 saturated heterocycles. The van der Waals surface area contributed by atoms with E-state index in [4.69, 9.17) is 4.74 Å². The summed E-state index contributed by atoms with van der Waals surface area (Å²) in [6.07, 6.45) is 2.59. The van der Waals surface area contributed by atoms with Crippen LogP contribution in [0.2, 0.25) is 0 Å². The van der Waals surface area contributed by atoms with Crippen LogP contribution in [-0.2, 0) is 14.3 Å². The summed E-state index contributed by atoms with van der Waals surface area (Å²) in [7, 11) is 1.34. The fourth-order valence-electron chi connectivity index (χ4n) is 2.43. The predicted molar refractivity (Wildman–Crippen MR) is 62.5 cm³/mol. The van der Waals surface area contributed by atoms with Crippen LogP contribution in [0.15, 0.2) is 0 Å². The Kier molecular flexibility index (Phi) is 4.78. The minimum Gasteiger partial charge on any atom is -0.465 e. The van der Waals surface area contributed by atoms with E-state index >= 15 is 0 Å². The molecule has 2 atom stereocenters. The van der Waals surface area contributed by atoms with E-state index in [0.29, 0.717) is 19.1 Å². The van der Waals surface area contributed by atoms with Crippen LogP contribution in [0.1, 0.15) is 33.1 Å². The van der Waals surface area contributed by atoms with Crippen molar-refractivity contribution in [3.05, 3.63) is 0 Å². The third-order valence-corrected chi connectivity index (χ3v) is 3.32. The lowest BCUT2D eigenvalue weighted by Crippen LogP contribution is -2.39. The Balaban J connectivity index is 2.53. The van der Waals surface area contributed by atoms with Gasteiger partial charge in [-0.3, -0.25) is 4.79 Å².